The summed E-state index contributed by atoms with van der Waals surface area (Å²) in [6.45, 7) is 5.74. The molecule has 1 aromatic carbocycles. The standard InChI is InChI=1S/C17H19ClN2O4/c1-4-23-17(22)14-15(11-5-7-12(18)8-6-11)20-24-16(14)19-13(21)9-10(2)3/h5-8,10H,4,9H2,1-3H3,(H,19,21). The number of carbonyl (C=O) groups excluding carboxylic acids is 2. The van der Waals surface area contributed by atoms with Crippen LogP contribution in [0.2, 0.25) is 5.02 Å². The van der Waals surface area contributed by atoms with Crippen molar-refractivity contribution in [2.24, 2.45) is 5.92 Å². The second-order valence-electron chi connectivity index (χ2n) is 5.61. The summed E-state index contributed by atoms with van der Waals surface area (Å²) in [6.07, 6.45) is 0.305. The van der Waals surface area contributed by atoms with E-state index in [9.17, 15) is 9.59 Å². The van der Waals surface area contributed by atoms with Crippen molar-refractivity contribution in [2.45, 2.75) is 27.2 Å². The van der Waals surface area contributed by atoms with E-state index in [1.54, 1.807) is 31.2 Å². The van der Waals surface area contributed by atoms with Crippen molar-refractivity contribution >= 4 is 29.4 Å². The smallest absolute Gasteiger partial charge is 0.346 e. The average Bonchev–Trinajstić information content (AvgIpc) is 2.91. The van der Waals surface area contributed by atoms with E-state index in [1.165, 1.54) is 0 Å². The molecule has 0 atom stereocenters. The van der Waals surface area contributed by atoms with Gasteiger partial charge in [0.2, 0.25) is 11.8 Å². The minimum atomic E-state index is -0.608. The number of esters is 1. The van der Waals surface area contributed by atoms with Crippen LogP contribution in [0.5, 0.6) is 0 Å². The second-order valence-corrected chi connectivity index (χ2v) is 6.05. The lowest BCUT2D eigenvalue weighted by atomic mass is 10.1. The third-order valence-corrected chi connectivity index (χ3v) is 3.39. The fourth-order valence-electron chi connectivity index (χ4n) is 2.12. The maximum atomic E-state index is 12.3. The molecule has 2 rings (SSSR count). The molecule has 0 aliphatic heterocycles. The van der Waals surface area contributed by atoms with Gasteiger partial charge in [-0.3, -0.25) is 10.1 Å². The topological polar surface area (TPSA) is 81.4 Å². The zero-order valence-corrected chi connectivity index (χ0v) is 14.5. The fraction of sp³-hybridized carbons (Fsp3) is 0.353. The number of nitrogens with one attached hydrogen (secondary N) is 1. The predicted molar refractivity (Wildman–Crippen MR) is 91.0 cm³/mol. The summed E-state index contributed by atoms with van der Waals surface area (Å²) >= 11 is 5.88. The first-order chi connectivity index (χ1) is 11.4. The maximum Gasteiger partial charge on any atom is 0.346 e. The molecule has 0 aliphatic rings. The van der Waals surface area contributed by atoms with Gasteiger partial charge in [-0.05, 0) is 25.0 Å². The molecular weight excluding hydrogens is 332 g/mol. The Bertz CT molecular complexity index is 723. The number of hydrogen-bond donors (Lipinski definition) is 1. The van der Waals surface area contributed by atoms with Gasteiger partial charge in [-0.1, -0.05) is 42.7 Å². The van der Waals surface area contributed by atoms with Gasteiger partial charge in [0, 0.05) is 17.0 Å². The molecule has 128 valence electrons. The molecule has 0 bridgehead atoms. The molecular formula is C17H19ClN2O4. The largest absolute Gasteiger partial charge is 0.462 e. The number of amides is 1. The van der Waals surface area contributed by atoms with Crippen LogP contribution in [0.25, 0.3) is 11.3 Å². The monoisotopic (exact) mass is 350 g/mol. The number of carbonyl (C=O) groups is 2. The molecule has 0 aliphatic carbocycles. The summed E-state index contributed by atoms with van der Waals surface area (Å²) in [5.41, 5.74) is 1.02. The lowest BCUT2D eigenvalue weighted by molar-refractivity contribution is -0.117. The van der Waals surface area contributed by atoms with Gasteiger partial charge in [0.05, 0.1) is 6.61 Å². The third-order valence-electron chi connectivity index (χ3n) is 3.14. The van der Waals surface area contributed by atoms with E-state index in [1.807, 2.05) is 13.8 Å². The van der Waals surface area contributed by atoms with Gasteiger partial charge in [-0.15, -0.1) is 0 Å². The van der Waals surface area contributed by atoms with Gasteiger partial charge in [-0.25, -0.2) is 4.79 Å². The molecule has 1 N–H and O–H groups in total. The average molecular weight is 351 g/mol. The molecule has 24 heavy (non-hydrogen) atoms. The Morgan fingerprint density at radius 1 is 1.29 bits per heavy atom. The minimum Gasteiger partial charge on any atom is -0.462 e. The highest BCUT2D eigenvalue weighted by Gasteiger charge is 2.26. The van der Waals surface area contributed by atoms with Crippen LogP contribution < -0.4 is 5.32 Å². The summed E-state index contributed by atoms with van der Waals surface area (Å²) in [6, 6.07) is 6.78. The van der Waals surface area contributed by atoms with Gasteiger partial charge in [0.1, 0.15) is 5.69 Å². The van der Waals surface area contributed by atoms with Crippen LogP contribution >= 0.6 is 11.6 Å². The Labute approximate surface area is 145 Å². The highest BCUT2D eigenvalue weighted by molar-refractivity contribution is 6.30. The van der Waals surface area contributed by atoms with Crippen LogP contribution in [0.4, 0.5) is 5.88 Å². The molecule has 2 aromatic rings. The molecule has 1 amide bonds. The first kappa shape index (κ1) is 18.0. The van der Waals surface area contributed by atoms with Crippen molar-refractivity contribution in [3.8, 4) is 11.3 Å². The van der Waals surface area contributed by atoms with Crippen molar-refractivity contribution in [3.63, 3.8) is 0 Å². The number of anilines is 1. The van der Waals surface area contributed by atoms with Crippen LogP contribution in [0.15, 0.2) is 28.8 Å². The third kappa shape index (κ3) is 4.35. The molecule has 0 radical (unpaired) electrons. The number of hydrogen-bond acceptors (Lipinski definition) is 5. The molecule has 0 saturated carbocycles. The fourth-order valence-corrected chi connectivity index (χ4v) is 2.25. The second kappa shape index (κ2) is 7.97. The number of aromatic nitrogens is 1. The Hall–Kier alpha value is -2.34. The van der Waals surface area contributed by atoms with Gasteiger partial charge in [-0.2, -0.15) is 0 Å². The highest BCUT2D eigenvalue weighted by atomic mass is 35.5. The summed E-state index contributed by atoms with van der Waals surface area (Å²) in [5, 5.41) is 7.07. The molecule has 0 unspecified atom stereocenters. The number of halogens is 1. The highest BCUT2D eigenvalue weighted by Crippen LogP contribution is 2.30. The molecule has 1 aromatic heterocycles. The zero-order valence-electron chi connectivity index (χ0n) is 13.8. The lowest BCUT2D eigenvalue weighted by Crippen LogP contribution is -2.16. The molecule has 1 heterocycles. The summed E-state index contributed by atoms with van der Waals surface area (Å²) in [4.78, 5) is 24.3. The quantitative estimate of drug-likeness (QED) is 0.791. The van der Waals surface area contributed by atoms with Crippen LogP contribution in [0.3, 0.4) is 0 Å². The van der Waals surface area contributed by atoms with Crippen LogP contribution in [0, 0.1) is 5.92 Å². The van der Waals surface area contributed by atoms with E-state index in [-0.39, 0.29) is 29.9 Å². The van der Waals surface area contributed by atoms with E-state index in [4.69, 9.17) is 20.9 Å². The van der Waals surface area contributed by atoms with Crippen LogP contribution in [-0.4, -0.2) is 23.6 Å². The Balaban J connectivity index is 2.39. The summed E-state index contributed by atoms with van der Waals surface area (Å²) in [5.74, 6) is -0.698. The first-order valence-electron chi connectivity index (χ1n) is 7.65. The van der Waals surface area contributed by atoms with Crippen LogP contribution in [0.1, 0.15) is 37.6 Å². The number of benzene rings is 1. The van der Waals surface area contributed by atoms with E-state index >= 15 is 0 Å². The minimum absolute atomic E-state index is 0.0101. The van der Waals surface area contributed by atoms with Crippen molar-refractivity contribution < 1.29 is 18.8 Å². The number of rotatable bonds is 6. The van der Waals surface area contributed by atoms with E-state index in [0.29, 0.717) is 22.7 Å². The van der Waals surface area contributed by atoms with Gasteiger partial charge in [0.15, 0.2) is 5.56 Å². The molecule has 0 saturated heterocycles. The maximum absolute atomic E-state index is 12.3. The van der Waals surface area contributed by atoms with Gasteiger partial charge in [0.25, 0.3) is 0 Å². The molecule has 0 spiro atoms. The summed E-state index contributed by atoms with van der Waals surface area (Å²) < 4.78 is 10.2. The van der Waals surface area contributed by atoms with Crippen LogP contribution in [-0.2, 0) is 9.53 Å². The lowest BCUT2D eigenvalue weighted by Gasteiger charge is -2.07. The molecule has 6 nitrogen and oxygen atoms in total. The summed E-state index contributed by atoms with van der Waals surface area (Å²) in [7, 11) is 0. The number of nitrogens with zero attached hydrogens (tertiary/aromatic N) is 1. The molecule has 7 heteroatoms. The first-order valence-corrected chi connectivity index (χ1v) is 8.02. The Kier molecular flexibility index (Phi) is 5.98. The van der Waals surface area contributed by atoms with E-state index in [0.717, 1.165) is 0 Å². The van der Waals surface area contributed by atoms with E-state index < -0.39 is 5.97 Å². The Morgan fingerprint density at radius 2 is 1.96 bits per heavy atom. The van der Waals surface area contributed by atoms with E-state index in [2.05, 4.69) is 10.5 Å². The van der Waals surface area contributed by atoms with Gasteiger partial charge < -0.3 is 9.26 Å². The van der Waals surface area contributed by atoms with Crippen molar-refractivity contribution in [3.05, 3.63) is 34.9 Å². The van der Waals surface area contributed by atoms with Crippen molar-refractivity contribution in [2.75, 3.05) is 11.9 Å². The molecule has 0 fully saturated rings. The Morgan fingerprint density at radius 3 is 2.54 bits per heavy atom. The van der Waals surface area contributed by atoms with Crippen molar-refractivity contribution in [1.82, 2.24) is 5.16 Å². The zero-order chi connectivity index (χ0) is 17.7. The SMILES string of the molecule is CCOC(=O)c1c(-c2ccc(Cl)cc2)noc1NC(=O)CC(C)C. The predicted octanol–water partition coefficient (Wildman–Crippen LogP) is 4.16. The normalized spacial score (nSPS) is 10.7. The van der Waals surface area contributed by atoms with Crippen molar-refractivity contribution in [1.29, 1.82) is 0 Å². The van der Waals surface area contributed by atoms with Gasteiger partial charge >= 0.3 is 5.97 Å². The number of ether oxygens (including phenoxy) is 1.